The van der Waals surface area contributed by atoms with Gasteiger partial charge in [-0.3, -0.25) is 4.90 Å². The number of piperidine rings is 3. The average molecular weight is 561 g/mol. The smallest absolute Gasteiger partial charge is 0.410 e. The number of carbonyl (C=O) groups excluding carboxylic acids is 2. The fourth-order valence-corrected chi connectivity index (χ4v) is 8.52. The zero-order chi connectivity index (χ0) is 28.7. The lowest BCUT2D eigenvalue weighted by atomic mass is 9.74. The first-order valence-corrected chi connectivity index (χ1v) is 16.3. The van der Waals surface area contributed by atoms with Gasteiger partial charge in [0.2, 0.25) is 0 Å². The highest BCUT2D eigenvalue weighted by Gasteiger charge is 2.52. The summed E-state index contributed by atoms with van der Waals surface area (Å²) in [5, 5.41) is 0. The summed E-state index contributed by atoms with van der Waals surface area (Å²) in [4.78, 5) is 35.2. The van der Waals surface area contributed by atoms with Crippen molar-refractivity contribution in [2.75, 3.05) is 46.3 Å². The first kappa shape index (κ1) is 29.9. The molecule has 0 aromatic carbocycles. The molecule has 1 spiro atoms. The van der Waals surface area contributed by atoms with Crippen LogP contribution in [0.1, 0.15) is 105 Å². The Bertz CT molecular complexity index is 889. The van der Waals surface area contributed by atoms with Crippen molar-refractivity contribution in [1.29, 1.82) is 0 Å². The van der Waals surface area contributed by atoms with Crippen LogP contribution in [-0.2, 0) is 9.47 Å². The normalized spacial score (nSPS) is 32.8. The second-order valence-electron chi connectivity index (χ2n) is 15.0. The Labute approximate surface area is 243 Å². The summed E-state index contributed by atoms with van der Waals surface area (Å²) in [5.41, 5.74) is -0.719. The zero-order valence-corrected chi connectivity index (χ0v) is 26.3. The van der Waals surface area contributed by atoms with Gasteiger partial charge in [0.25, 0.3) is 0 Å². The van der Waals surface area contributed by atoms with Crippen LogP contribution < -0.4 is 0 Å². The summed E-state index contributed by atoms with van der Waals surface area (Å²) in [7, 11) is 2.29. The fraction of sp³-hybridized carbons (Fsp3) is 0.938. The first-order chi connectivity index (χ1) is 18.9. The van der Waals surface area contributed by atoms with Crippen LogP contribution in [0.2, 0.25) is 0 Å². The first-order valence-electron chi connectivity index (χ1n) is 16.3. The Kier molecular flexibility index (Phi) is 8.70. The Morgan fingerprint density at radius 3 is 2.23 bits per heavy atom. The second-order valence-corrected chi connectivity index (χ2v) is 15.0. The highest BCUT2D eigenvalue weighted by molar-refractivity contribution is 5.69. The van der Waals surface area contributed by atoms with E-state index in [9.17, 15) is 9.59 Å². The van der Waals surface area contributed by atoms with E-state index in [-0.39, 0.29) is 23.3 Å². The molecule has 0 aromatic heterocycles. The maximum absolute atomic E-state index is 13.5. The maximum atomic E-state index is 13.5. The van der Waals surface area contributed by atoms with Crippen molar-refractivity contribution in [2.24, 2.45) is 11.8 Å². The molecule has 5 aliphatic heterocycles. The summed E-state index contributed by atoms with van der Waals surface area (Å²) < 4.78 is 12.1. The molecule has 1 unspecified atom stereocenters. The van der Waals surface area contributed by atoms with Crippen molar-refractivity contribution < 1.29 is 19.1 Å². The number of hydrogen-bond donors (Lipinski definition) is 0. The van der Waals surface area contributed by atoms with E-state index < -0.39 is 5.60 Å². The molecule has 5 fully saturated rings. The Balaban J connectivity index is 1.17. The maximum Gasteiger partial charge on any atom is 0.410 e. The molecule has 8 heteroatoms. The molecule has 228 valence electrons. The molecule has 5 rings (SSSR count). The molecule has 0 N–H and O–H groups in total. The van der Waals surface area contributed by atoms with Gasteiger partial charge in [-0.15, -0.1) is 0 Å². The predicted octanol–water partition coefficient (Wildman–Crippen LogP) is 5.74. The lowest BCUT2D eigenvalue weighted by Crippen LogP contribution is -2.64. The topological polar surface area (TPSA) is 65.6 Å². The lowest BCUT2D eigenvalue weighted by molar-refractivity contribution is -0.135. The molecule has 40 heavy (non-hydrogen) atoms. The van der Waals surface area contributed by atoms with Gasteiger partial charge in [-0.25, -0.2) is 9.59 Å². The average Bonchev–Trinajstić information content (AvgIpc) is 3.09. The van der Waals surface area contributed by atoms with Crippen molar-refractivity contribution in [2.45, 2.75) is 134 Å². The number of ether oxygens (including phenoxy) is 2. The van der Waals surface area contributed by atoms with E-state index in [0.29, 0.717) is 23.9 Å². The number of unbranched alkanes of at least 4 members (excludes halogenated alkanes) is 1. The number of nitrogens with zero attached hydrogens (tertiary/aromatic N) is 4. The van der Waals surface area contributed by atoms with Crippen LogP contribution in [0, 0.1) is 11.8 Å². The molecule has 2 amide bonds. The fourth-order valence-electron chi connectivity index (χ4n) is 8.52. The van der Waals surface area contributed by atoms with Crippen molar-refractivity contribution in [3.8, 4) is 0 Å². The number of amides is 2. The van der Waals surface area contributed by atoms with Crippen LogP contribution in [0.3, 0.4) is 0 Å². The van der Waals surface area contributed by atoms with Crippen molar-refractivity contribution in [3.05, 3.63) is 0 Å². The van der Waals surface area contributed by atoms with Gasteiger partial charge in [0.05, 0.1) is 0 Å². The quantitative estimate of drug-likeness (QED) is 0.413. The molecular formula is C32H56N4O4. The largest absolute Gasteiger partial charge is 0.444 e. The molecule has 0 aromatic rings. The lowest BCUT2D eigenvalue weighted by Gasteiger charge is -2.55. The molecule has 8 nitrogen and oxygen atoms in total. The molecule has 0 saturated carbocycles. The highest BCUT2D eigenvalue weighted by Crippen LogP contribution is 2.44. The van der Waals surface area contributed by atoms with E-state index in [1.807, 2.05) is 25.7 Å². The SMILES string of the molecule is CCCC[C@H]1CN(CC2C[C@H]3CC[C@@H](C2)N3C)C(=O)OC12CCN(C1(C)CCN(C(=O)OC(C)(C)C)CC1)CC2. The molecule has 0 radical (unpaired) electrons. The summed E-state index contributed by atoms with van der Waals surface area (Å²) in [6, 6.07) is 1.40. The van der Waals surface area contributed by atoms with Gasteiger partial charge < -0.3 is 24.2 Å². The van der Waals surface area contributed by atoms with Gasteiger partial charge in [-0.05, 0) is 85.6 Å². The van der Waals surface area contributed by atoms with Gasteiger partial charge >= 0.3 is 12.2 Å². The summed E-state index contributed by atoms with van der Waals surface area (Å²) in [5.74, 6) is 1.02. The Hall–Kier alpha value is -1.54. The third kappa shape index (κ3) is 6.28. The minimum atomic E-state index is -0.465. The van der Waals surface area contributed by atoms with Crippen LogP contribution in [0.15, 0.2) is 0 Å². The number of likely N-dealkylation sites (tertiary alicyclic amines) is 2. The number of hydrogen-bond acceptors (Lipinski definition) is 6. The summed E-state index contributed by atoms with van der Waals surface area (Å²) in [6.07, 6.45) is 12.1. The van der Waals surface area contributed by atoms with Gasteiger partial charge in [-0.1, -0.05) is 19.8 Å². The van der Waals surface area contributed by atoms with Gasteiger partial charge in [0.1, 0.15) is 11.2 Å². The van der Waals surface area contributed by atoms with Crippen LogP contribution in [-0.4, -0.2) is 107 Å². The van der Waals surface area contributed by atoms with E-state index in [2.05, 4.69) is 35.6 Å². The van der Waals surface area contributed by atoms with Crippen LogP contribution in [0.4, 0.5) is 9.59 Å². The molecule has 0 aliphatic carbocycles. The van der Waals surface area contributed by atoms with Crippen molar-refractivity contribution in [1.82, 2.24) is 19.6 Å². The van der Waals surface area contributed by atoms with E-state index >= 15 is 0 Å². The van der Waals surface area contributed by atoms with E-state index in [1.54, 1.807) is 0 Å². The molecule has 2 bridgehead atoms. The molecule has 4 atom stereocenters. The minimum absolute atomic E-state index is 0.0654. The number of fused-ring (bicyclic) bond motifs is 2. The van der Waals surface area contributed by atoms with Crippen molar-refractivity contribution in [3.63, 3.8) is 0 Å². The number of carbonyl (C=O) groups is 2. The van der Waals surface area contributed by atoms with Crippen LogP contribution in [0.25, 0.3) is 0 Å². The van der Waals surface area contributed by atoms with E-state index in [0.717, 1.165) is 71.4 Å². The second kappa shape index (κ2) is 11.6. The molecular weight excluding hydrogens is 504 g/mol. The Morgan fingerprint density at radius 2 is 1.65 bits per heavy atom. The van der Waals surface area contributed by atoms with Crippen LogP contribution in [0.5, 0.6) is 0 Å². The summed E-state index contributed by atoms with van der Waals surface area (Å²) in [6.45, 7) is 15.5. The molecule has 5 heterocycles. The minimum Gasteiger partial charge on any atom is -0.444 e. The predicted molar refractivity (Wildman–Crippen MR) is 157 cm³/mol. The van der Waals surface area contributed by atoms with E-state index in [1.165, 1.54) is 38.5 Å². The zero-order valence-electron chi connectivity index (χ0n) is 26.3. The van der Waals surface area contributed by atoms with Crippen LogP contribution >= 0.6 is 0 Å². The standard InChI is InChI=1S/C32H56N4O4/c1-7-8-9-25-23-35(22-24-20-26-10-11-27(21-24)33(26)6)29(38)40-32(25)14-18-36(19-15-32)31(5)12-16-34(17-13-31)28(37)39-30(2,3)4/h24-27H,7-23H2,1-6H3/t24?,25-,26-,27+/m0/s1. The highest BCUT2D eigenvalue weighted by atomic mass is 16.6. The Morgan fingerprint density at radius 1 is 1.02 bits per heavy atom. The third-order valence-corrected chi connectivity index (χ3v) is 11.2. The van der Waals surface area contributed by atoms with Gasteiger partial charge in [0, 0.05) is 75.7 Å². The summed E-state index contributed by atoms with van der Waals surface area (Å²) >= 11 is 0. The van der Waals surface area contributed by atoms with Gasteiger partial charge in [0.15, 0.2) is 0 Å². The third-order valence-electron chi connectivity index (χ3n) is 11.2. The monoisotopic (exact) mass is 560 g/mol. The number of rotatable bonds is 6. The van der Waals surface area contributed by atoms with Crippen molar-refractivity contribution >= 4 is 12.2 Å². The van der Waals surface area contributed by atoms with Gasteiger partial charge in [-0.2, -0.15) is 0 Å². The molecule has 5 aliphatic rings. The molecule has 5 saturated heterocycles. The van der Waals surface area contributed by atoms with E-state index in [4.69, 9.17) is 9.47 Å².